The van der Waals surface area contributed by atoms with Crippen molar-refractivity contribution in [1.29, 1.82) is 0 Å². The summed E-state index contributed by atoms with van der Waals surface area (Å²) in [5, 5.41) is 7.98. The molecule has 0 amide bonds. The van der Waals surface area contributed by atoms with Crippen molar-refractivity contribution in [2.24, 2.45) is 18.0 Å². The van der Waals surface area contributed by atoms with E-state index >= 15 is 0 Å². The van der Waals surface area contributed by atoms with Gasteiger partial charge in [-0.3, -0.25) is 14.6 Å². The average molecular weight is 425 g/mol. The molecule has 1 aromatic heterocycles. The summed E-state index contributed by atoms with van der Waals surface area (Å²) in [5.74, 6) is 1.77. The molecular weight excluding hydrogens is 388 g/mol. The van der Waals surface area contributed by atoms with Crippen LogP contribution in [0.15, 0.2) is 47.7 Å². The van der Waals surface area contributed by atoms with Gasteiger partial charge in [0.2, 0.25) is 0 Å². The highest BCUT2D eigenvalue weighted by Gasteiger charge is 2.28. The standard InChI is InChI=1S/C24H36N6O/c1-19-9-11-29(12-10-19)22(20-7-5-4-6-8-20)16-26-24(25-2)30-13-14-31-23(18-30)21-15-27-28(3)17-21/h4-8,15,17,19,22-23H,9-14,16,18H2,1-3H3,(H,25,26). The number of likely N-dealkylation sites (tertiary alicyclic amines) is 1. The van der Waals surface area contributed by atoms with Crippen molar-refractivity contribution in [3.8, 4) is 0 Å². The van der Waals surface area contributed by atoms with E-state index in [1.54, 1.807) is 0 Å². The lowest BCUT2D eigenvalue weighted by atomic mass is 9.95. The van der Waals surface area contributed by atoms with Gasteiger partial charge in [-0.25, -0.2) is 0 Å². The third-order valence-corrected chi connectivity index (χ3v) is 6.57. The van der Waals surface area contributed by atoms with Crippen LogP contribution in [0.3, 0.4) is 0 Å². The maximum atomic E-state index is 6.02. The van der Waals surface area contributed by atoms with Gasteiger partial charge in [0.25, 0.3) is 0 Å². The van der Waals surface area contributed by atoms with Gasteiger partial charge in [-0.1, -0.05) is 37.3 Å². The molecule has 2 aliphatic heterocycles. The Morgan fingerprint density at radius 3 is 2.68 bits per heavy atom. The summed E-state index contributed by atoms with van der Waals surface area (Å²) in [6.45, 7) is 7.83. The van der Waals surface area contributed by atoms with Gasteiger partial charge in [0.1, 0.15) is 6.10 Å². The lowest BCUT2D eigenvalue weighted by Crippen LogP contribution is -2.50. The first-order valence-electron chi connectivity index (χ1n) is 11.5. The number of aromatic nitrogens is 2. The number of hydrogen-bond acceptors (Lipinski definition) is 4. The SMILES string of the molecule is CN=C(NCC(c1ccccc1)N1CCC(C)CC1)N1CCOC(c2cnn(C)c2)C1. The third-order valence-electron chi connectivity index (χ3n) is 6.57. The topological polar surface area (TPSA) is 57.9 Å². The highest BCUT2D eigenvalue weighted by atomic mass is 16.5. The Labute approximate surface area is 186 Å². The van der Waals surface area contributed by atoms with Crippen LogP contribution in [0.25, 0.3) is 0 Å². The number of piperidine rings is 1. The fraction of sp³-hybridized carbons (Fsp3) is 0.583. The van der Waals surface area contributed by atoms with Crippen LogP contribution in [0.4, 0.5) is 0 Å². The van der Waals surface area contributed by atoms with Crippen LogP contribution < -0.4 is 5.32 Å². The molecule has 4 rings (SSSR count). The van der Waals surface area contributed by atoms with Crippen molar-refractivity contribution in [3.63, 3.8) is 0 Å². The largest absolute Gasteiger partial charge is 0.370 e. The first-order valence-corrected chi connectivity index (χ1v) is 11.5. The second-order valence-electron chi connectivity index (χ2n) is 8.83. The minimum atomic E-state index is 0.0227. The molecular formula is C24H36N6O. The maximum Gasteiger partial charge on any atom is 0.193 e. The molecule has 2 fully saturated rings. The Hall–Kier alpha value is -2.38. The number of ether oxygens (including phenoxy) is 1. The lowest BCUT2D eigenvalue weighted by Gasteiger charge is -2.39. The molecule has 1 N–H and O–H groups in total. The second kappa shape index (κ2) is 10.3. The molecule has 1 aromatic carbocycles. The minimum Gasteiger partial charge on any atom is -0.370 e. The first-order chi connectivity index (χ1) is 15.1. The Morgan fingerprint density at radius 1 is 1.23 bits per heavy atom. The second-order valence-corrected chi connectivity index (χ2v) is 8.83. The Bertz CT molecular complexity index is 843. The highest BCUT2D eigenvalue weighted by molar-refractivity contribution is 5.80. The number of benzene rings is 1. The van der Waals surface area contributed by atoms with Gasteiger partial charge in [-0.05, 0) is 37.4 Å². The number of hydrogen-bond donors (Lipinski definition) is 1. The summed E-state index contributed by atoms with van der Waals surface area (Å²) in [6, 6.07) is 11.2. The maximum absolute atomic E-state index is 6.02. The summed E-state index contributed by atoms with van der Waals surface area (Å²) >= 11 is 0. The normalized spacial score (nSPS) is 22.5. The number of morpholine rings is 1. The van der Waals surface area contributed by atoms with Gasteiger partial charge >= 0.3 is 0 Å². The summed E-state index contributed by atoms with van der Waals surface area (Å²) in [5.41, 5.74) is 2.49. The van der Waals surface area contributed by atoms with Gasteiger partial charge in [0.05, 0.1) is 25.4 Å². The number of rotatable bonds is 5. The van der Waals surface area contributed by atoms with E-state index in [0.717, 1.165) is 50.2 Å². The van der Waals surface area contributed by atoms with E-state index in [4.69, 9.17) is 4.74 Å². The predicted octanol–water partition coefficient (Wildman–Crippen LogP) is 2.84. The van der Waals surface area contributed by atoms with Crippen LogP contribution in [-0.2, 0) is 11.8 Å². The monoisotopic (exact) mass is 424 g/mol. The summed E-state index contributed by atoms with van der Waals surface area (Å²) < 4.78 is 7.84. The van der Waals surface area contributed by atoms with Crippen LogP contribution in [-0.4, -0.2) is 71.9 Å². The van der Waals surface area contributed by atoms with E-state index in [2.05, 4.69) is 62.5 Å². The van der Waals surface area contributed by atoms with Gasteiger partial charge in [-0.2, -0.15) is 5.10 Å². The predicted molar refractivity (Wildman–Crippen MR) is 124 cm³/mol. The number of nitrogens with one attached hydrogen (secondary N) is 1. The zero-order chi connectivity index (χ0) is 21.6. The zero-order valence-electron chi connectivity index (χ0n) is 19.1. The molecule has 0 saturated carbocycles. The summed E-state index contributed by atoms with van der Waals surface area (Å²) in [4.78, 5) is 9.54. The molecule has 2 atom stereocenters. The van der Waals surface area contributed by atoms with Gasteiger partial charge < -0.3 is 15.0 Å². The van der Waals surface area contributed by atoms with E-state index < -0.39 is 0 Å². The van der Waals surface area contributed by atoms with Crippen molar-refractivity contribution in [1.82, 2.24) is 24.9 Å². The molecule has 2 aliphatic rings. The average Bonchev–Trinajstić information content (AvgIpc) is 3.25. The van der Waals surface area contributed by atoms with E-state index in [1.807, 2.05) is 31.2 Å². The third kappa shape index (κ3) is 5.46. The lowest BCUT2D eigenvalue weighted by molar-refractivity contribution is -0.00817. The molecule has 2 unspecified atom stereocenters. The molecule has 0 aliphatic carbocycles. The van der Waals surface area contributed by atoms with Crippen molar-refractivity contribution >= 4 is 5.96 Å². The van der Waals surface area contributed by atoms with Crippen molar-refractivity contribution < 1.29 is 4.74 Å². The molecule has 0 spiro atoms. The van der Waals surface area contributed by atoms with Crippen molar-refractivity contribution in [3.05, 3.63) is 53.9 Å². The van der Waals surface area contributed by atoms with E-state index in [1.165, 1.54) is 18.4 Å². The number of nitrogens with zero attached hydrogens (tertiary/aromatic N) is 5. The first kappa shape index (κ1) is 21.8. The van der Waals surface area contributed by atoms with Gasteiger partial charge in [-0.15, -0.1) is 0 Å². The number of aryl methyl sites for hydroxylation is 1. The molecule has 3 heterocycles. The van der Waals surface area contributed by atoms with Crippen LogP contribution in [0.2, 0.25) is 0 Å². The van der Waals surface area contributed by atoms with Crippen molar-refractivity contribution in [2.45, 2.75) is 31.9 Å². The molecule has 2 saturated heterocycles. The Morgan fingerprint density at radius 2 is 2.00 bits per heavy atom. The van der Waals surface area contributed by atoms with Crippen molar-refractivity contribution in [2.75, 3.05) is 46.4 Å². The molecule has 7 heteroatoms. The summed E-state index contributed by atoms with van der Waals surface area (Å²) in [7, 11) is 3.81. The number of guanidine groups is 1. The Balaban J connectivity index is 1.42. The van der Waals surface area contributed by atoms with Crippen LogP contribution in [0, 0.1) is 5.92 Å². The van der Waals surface area contributed by atoms with E-state index in [0.29, 0.717) is 12.6 Å². The van der Waals surface area contributed by atoms with Gasteiger partial charge in [0, 0.05) is 38.9 Å². The van der Waals surface area contributed by atoms with E-state index in [-0.39, 0.29) is 6.10 Å². The fourth-order valence-electron chi connectivity index (χ4n) is 4.64. The molecule has 31 heavy (non-hydrogen) atoms. The number of aliphatic imine (C=N–C) groups is 1. The summed E-state index contributed by atoms with van der Waals surface area (Å²) in [6.07, 6.45) is 6.50. The quantitative estimate of drug-likeness (QED) is 0.591. The zero-order valence-corrected chi connectivity index (χ0v) is 19.1. The molecule has 0 bridgehead atoms. The minimum absolute atomic E-state index is 0.0227. The molecule has 0 radical (unpaired) electrons. The smallest absolute Gasteiger partial charge is 0.193 e. The highest BCUT2D eigenvalue weighted by Crippen LogP contribution is 2.27. The van der Waals surface area contributed by atoms with E-state index in [9.17, 15) is 0 Å². The van der Waals surface area contributed by atoms with Gasteiger partial charge in [0.15, 0.2) is 5.96 Å². The Kier molecular flexibility index (Phi) is 7.25. The fourth-order valence-corrected chi connectivity index (χ4v) is 4.64. The van der Waals surface area contributed by atoms with Crippen LogP contribution >= 0.6 is 0 Å². The van der Waals surface area contributed by atoms with Crippen LogP contribution in [0.1, 0.15) is 43.0 Å². The molecule has 7 nitrogen and oxygen atoms in total. The molecule has 2 aromatic rings. The van der Waals surface area contributed by atoms with Crippen LogP contribution in [0.5, 0.6) is 0 Å². The molecule has 168 valence electrons.